The summed E-state index contributed by atoms with van der Waals surface area (Å²) in [5.41, 5.74) is 6.63. The summed E-state index contributed by atoms with van der Waals surface area (Å²) in [5.74, 6) is 0. The molecule has 3 heteroatoms. The van der Waals surface area contributed by atoms with Crippen LogP contribution in [0.15, 0.2) is 77.9 Å². The summed E-state index contributed by atoms with van der Waals surface area (Å²) in [6, 6.07) is 22.6. The maximum absolute atomic E-state index is 4.59. The first-order valence-corrected chi connectivity index (χ1v) is 8.35. The Morgan fingerprint density at radius 1 is 0.920 bits per heavy atom. The van der Waals surface area contributed by atoms with E-state index in [9.17, 15) is 0 Å². The largest absolute Gasteiger partial charge is 0.318 e. The Kier molecular flexibility index (Phi) is 3.90. The average Bonchev–Trinajstić information content (AvgIpc) is 2.94. The van der Waals surface area contributed by atoms with Crippen molar-refractivity contribution in [2.75, 3.05) is 0 Å². The fourth-order valence-corrected chi connectivity index (χ4v) is 3.18. The third-order valence-electron chi connectivity index (χ3n) is 4.42. The van der Waals surface area contributed by atoms with E-state index in [4.69, 9.17) is 0 Å². The van der Waals surface area contributed by atoms with Crippen LogP contribution in [0, 0.1) is 13.8 Å². The molecular weight excluding hydrogens is 306 g/mol. The van der Waals surface area contributed by atoms with Crippen LogP contribution in [0.1, 0.15) is 17.0 Å². The Morgan fingerprint density at radius 3 is 2.60 bits per heavy atom. The first kappa shape index (κ1) is 15.3. The zero-order chi connectivity index (χ0) is 17.2. The molecule has 0 unspecified atom stereocenters. The lowest BCUT2D eigenvalue weighted by Crippen LogP contribution is -1.99. The second kappa shape index (κ2) is 6.36. The fourth-order valence-electron chi connectivity index (χ4n) is 3.18. The lowest BCUT2D eigenvalue weighted by Gasteiger charge is -2.10. The molecule has 0 aliphatic carbocycles. The number of benzene rings is 2. The quantitative estimate of drug-likeness (QED) is 0.464. The second-order valence-corrected chi connectivity index (χ2v) is 6.14. The number of para-hydroxylation sites is 1. The molecule has 0 amide bonds. The molecule has 25 heavy (non-hydrogen) atoms. The second-order valence-electron chi connectivity index (χ2n) is 6.14. The van der Waals surface area contributed by atoms with Crippen LogP contribution >= 0.6 is 0 Å². The first-order chi connectivity index (χ1) is 12.2. The molecular formula is C22H19N3. The minimum atomic E-state index is 0.962. The van der Waals surface area contributed by atoms with Crippen molar-refractivity contribution in [3.8, 4) is 5.69 Å². The van der Waals surface area contributed by atoms with Gasteiger partial charge in [0.1, 0.15) is 0 Å². The van der Waals surface area contributed by atoms with E-state index in [1.807, 2.05) is 48.8 Å². The van der Waals surface area contributed by atoms with Gasteiger partial charge in [-0.05, 0) is 56.3 Å². The van der Waals surface area contributed by atoms with Crippen molar-refractivity contribution in [3.05, 3.63) is 89.9 Å². The van der Waals surface area contributed by atoms with Crippen molar-refractivity contribution >= 4 is 22.8 Å². The Hall–Kier alpha value is -3.20. The van der Waals surface area contributed by atoms with Crippen molar-refractivity contribution in [3.63, 3.8) is 0 Å². The number of aliphatic imine (C=N–C) groups is 1. The average molecular weight is 325 g/mol. The van der Waals surface area contributed by atoms with Gasteiger partial charge in [0.25, 0.3) is 0 Å². The minimum Gasteiger partial charge on any atom is -0.318 e. The Labute approximate surface area is 147 Å². The van der Waals surface area contributed by atoms with Gasteiger partial charge in [-0.2, -0.15) is 0 Å². The molecule has 0 saturated carbocycles. The van der Waals surface area contributed by atoms with E-state index in [-0.39, 0.29) is 0 Å². The molecule has 0 aliphatic heterocycles. The van der Waals surface area contributed by atoms with Crippen molar-refractivity contribution in [1.29, 1.82) is 0 Å². The van der Waals surface area contributed by atoms with Gasteiger partial charge >= 0.3 is 0 Å². The van der Waals surface area contributed by atoms with Crippen LogP contribution < -0.4 is 0 Å². The maximum atomic E-state index is 4.59. The molecule has 3 nitrogen and oxygen atoms in total. The number of hydrogen-bond donors (Lipinski definition) is 0. The van der Waals surface area contributed by atoms with Crippen molar-refractivity contribution in [2.24, 2.45) is 4.99 Å². The molecule has 0 radical (unpaired) electrons. The lowest BCUT2D eigenvalue weighted by molar-refractivity contribution is 0.967. The SMILES string of the molecule is Cc1cc(C=Nc2ccccc2)c(C)n1-c1ccc2ncccc2c1. The van der Waals surface area contributed by atoms with Crippen LogP contribution in [-0.2, 0) is 0 Å². The first-order valence-electron chi connectivity index (χ1n) is 8.35. The van der Waals surface area contributed by atoms with Crippen LogP contribution in [0.5, 0.6) is 0 Å². The van der Waals surface area contributed by atoms with Crippen LogP contribution in [0.25, 0.3) is 16.6 Å². The predicted molar refractivity (Wildman–Crippen MR) is 104 cm³/mol. The van der Waals surface area contributed by atoms with E-state index in [0.29, 0.717) is 0 Å². The Balaban J connectivity index is 1.75. The molecule has 2 heterocycles. The number of fused-ring (bicyclic) bond motifs is 1. The van der Waals surface area contributed by atoms with Gasteiger partial charge in [-0.3, -0.25) is 9.98 Å². The standard InChI is InChI=1S/C22H19N3/c1-16-13-19(15-24-20-8-4-3-5-9-20)17(2)25(16)21-10-11-22-18(14-21)7-6-12-23-22/h3-15H,1-2H3. The normalized spacial score (nSPS) is 11.4. The summed E-state index contributed by atoms with van der Waals surface area (Å²) in [6.07, 6.45) is 3.77. The van der Waals surface area contributed by atoms with E-state index in [0.717, 1.165) is 27.8 Å². The summed E-state index contributed by atoms with van der Waals surface area (Å²) in [4.78, 5) is 8.99. The predicted octanol–water partition coefficient (Wildman–Crippen LogP) is 5.39. The minimum absolute atomic E-state index is 0.962. The fraction of sp³-hybridized carbons (Fsp3) is 0.0909. The molecule has 2 aromatic carbocycles. The number of aromatic nitrogens is 2. The smallest absolute Gasteiger partial charge is 0.0703 e. The van der Waals surface area contributed by atoms with Gasteiger partial charge in [-0.1, -0.05) is 24.3 Å². The highest BCUT2D eigenvalue weighted by Crippen LogP contribution is 2.23. The number of aryl methyl sites for hydroxylation is 1. The van der Waals surface area contributed by atoms with Gasteiger partial charge < -0.3 is 4.57 Å². The van der Waals surface area contributed by atoms with E-state index in [1.165, 1.54) is 11.4 Å². The van der Waals surface area contributed by atoms with Gasteiger partial charge in [0.2, 0.25) is 0 Å². The van der Waals surface area contributed by atoms with Crippen LogP contribution in [-0.4, -0.2) is 15.8 Å². The van der Waals surface area contributed by atoms with E-state index in [2.05, 4.69) is 58.7 Å². The van der Waals surface area contributed by atoms with Crippen molar-refractivity contribution < 1.29 is 0 Å². The number of rotatable bonds is 3. The van der Waals surface area contributed by atoms with Gasteiger partial charge in [-0.15, -0.1) is 0 Å². The lowest BCUT2D eigenvalue weighted by atomic mass is 10.2. The van der Waals surface area contributed by atoms with E-state index >= 15 is 0 Å². The van der Waals surface area contributed by atoms with Crippen LogP contribution in [0.3, 0.4) is 0 Å². The molecule has 0 bridgehead atoms. The highest BCUT2D eigenvalue weighted by Gasteiger charge is 2.10. The molecule has 0 atom stereocenters. The third-order valence-corrected chi connectivity index (χ3v) is 4.42. The third kappa shape index (κ3) is 2.96. The van der Waals surface area contributed by atoms with Gasteiger partial charge in [0.05, 0.1) is 11.2 Å². The Morgan fingerprint density at radius 2 is 1.76 bits per heavy atom. The topological polar surface area (TPSA) is 30.2 Å². The number of nitrogens with zero attached hydrogens (tertiary/aromatic N) is 3. The summed E-state index contributed by atoms with van der Waals surface area (Å²) in [5, 5.41) is 1.15. The molecule has 2 aromatic heterocycles. The maximum Gasteiger partial charge on any atom is 0.0703 e. The number of hydrogen-bond acceptors (Lipinski definition) is 2. The van der Waals surface area contributed by atoms with Crippen LogP contribution in [0.2, 0.25) is 0 Å². The molecule has 0 saturated heterocycles. The molecule has 4 aromatic rings. The summed E-state index contributed by atoms with van der Waals surface area (Å²) >= 11 is 0. The molecule has 122 valence electrons. The highest BCUT2D eigenvalue weighted by molar-refractivity contribution is 5.85. The molecule has 0 aliphatic rings. The zero-order valence-corrected chi connectivity index (χ0v) is 14.3. The zero-order valence-electron chi connectivity index (χ0n) is 14.3. The van der Waals surface area contributed by atoms with Gasteiger partial charge in [0.15, 0.2) is 0 Å². The monoisotopic (exact) mass is 325 g/mol. The summed E-state index contributed by atoms with van der Waals surface area (Å²) < 4.78 is 2.26. The van der Waals surface area contributed by atoms with Crippen LogP contribution in [0.4, 0.5) is 5.69 Å². The van der Waals surface area contributed by atoms with Crippen molar-refractivity contribution in [1.82, 2.24) is 9.55 Å². The molecule has 0 N–H and O–H groups in total. The molecule has 4 rings (SSSR count). The van der Waals surface area contributed by atoms with Gasteiger partial charge in [0, 0.05) is 40.4 Å². The Bertz CT molecular complexity index is 1060. The van der Waals surface area contributed by atoms with E-state index < -0.39 is 0 Å². The highest BCUT2D eigenvalue weighted by atomic mass is 15.0. The summed E-state index contributed by atoms with van der Waals surface area (Å²) in [7, 11) is 0. The number of pyridine rings is 1. The molecule has 0 spiro atoms. The van der Waals surface area contributed by atoms with E-state index in [1.54, 1.807) is 0 Å². The summed E-state index contributed by atoms with van der Waals surface area (Å²) in [6.45, 7) is 4.26. The molecule has 0 fully saturated rings. The van der Waals surface area contributed by atoms with Gasteiger partial charge in [-0.25, -0.2) is 0 Å². The van der Waals surface area contributed by atoms with Crippen molar-refractivity contribution in [2.45, 2.75) is 13.8 Å².